The molecule has 1 N–H and O–H groups in total. The number of aromatic nitrogens is 1. The van der Waals surface area contributed by atoms with E-state index >= 15 is 0 Å². The highest BCUT2D eigenvalue weighted by Gasteiger charge is 2.26. The number of pyridine rings is 1. The van der Waals surface area contributed by atoms with Crippen molar-refractivity contribution < 1.29 is 4.39 Å². The van der Waals surface area contributed by atoms with E-state index in [0.29, 0.717) is 12.0 Å². The van der Waals surface area contributed by atoms with Crippen molar-refractivity contribution in [3.05, 3.63) is 29.8 Å². The zero-order valence-corrected chi connectivity index (χ0v) is 13.5. The third kappa shape index (κ3) is 4.22. The molecule has 2 rings (SSSR count). The van der Waals surface area contributed by atoms with Gasteiger partial charge in [0.05, 0.1) is 17.9 Å². The summed E-state index contributed by atoms with van der Waals surface area (Å²) in [6.07, 6.45) is 1.30. The Morgan fingerprint density at radius 2 is 2.19 bits per heavy atom. The van der Waals surface area contributed by atoms with Crippen molar-refractivity contribution in [3.8, 4) is 0 Å². The minimum atomic E-state index is -0.283. The third-order valence-electron chi connectivity index (χ3n) is 4.44. The molecule has 1 saturated heterocycles. The highest BCUT2D eigenvalue weighted by molar-refractivity contribution is 5.11. The van der Waals surface area contributed by atoms with Crippen LogP contribution in [0.15, 0.2) is 18.3 Å². The summed E-state index contributed by atoms with van der Waals surface area (Å²) in [4.78, 5) is 9.15. The number of hydrogen-bond donors (Lipinski definition) is 1. The van der Waals surface area contributed by atoms with Gasteiger partial charge in [0.25, 0.3) is 0 Å². The standard InChI is InChI=1S/C16H27FN4/c1-12(10-21-8-7-20(4)11-13(21)2)16(18-3)15-6-5-14(17)9-19-15/h5-6,9,12-13,16,18H,7-8,10-11H2,1-4H3. The van der Waals surface area contributed by atoms with Gasteiger partial charge in [-0.1, -0.05) is 6.92 Å². The first-order chi connectivity index (χ1) is 10.0. The van der Waals surface area contributed by atoms with Crippen LogP contribution >= 0.6 is 0 Å². The van der Waals surface area contributed by atoms with Gasteiger partial charge in [-0.15, -0.1) is 0 Å². The van der Waals surface area contributed by atoms with Crippen LogP contribution < -0.4 is 5.32 Å². The molecular formula is C16H27FN4. The Morgan fingerprint density at radius 3 is 2.76 bits per heavy atom. The molecule has 1 aliphatic heterocycles. The predicted octanol–water partition coefficient (Wildman–Crippen LogP) is 1.75. The summed E-state index contributed by atoms with van der Waals surface area (Å²) in [5.74, 6) is 0.132. The van der Waals surface area contributed by atoms with Gasteiger partial charge in [0.2, 0.25) is 0 Å². The Hall–Kier alpha value is -1.04. The maximum absolute atomic E-state index is 13.0. The molecule has 21 heavy (non-hydrogen) atoms. The molecule has 1 aliphatic rings. The van der Waals surface area contributed by atoms with Gasteiger partial charge < -0.3 is 10.2 Å². The number of nitrogens with zero attached hydrogens (tertiary/aromatic N) is 3. The van der Waals surface area contributed by atoms with E-state index in [1.807, 2.05) is 7.05 Å². The molecule has 118 valence electrons. The second kappa shape index (κ2) is 7.29. The topological polar surface area (TPSA) is 31.4 Å². The quantitative estimate of drug-likeness (QED) is 0.896. The fourth-order valence-electron chi connectivity index (χ4n) is 3.22. The van der Waals surface area contributed by atoms with Gasteiger partial charge in [0, 0.05) is 32.2 Å². The summed E-state index contributed by atoms with van der Waals surface area (Å²) in [5.41, 5.74) is 0.910. The molecule has 0 saturated carbocycles. The van der Waals surface area contributed by atoms with Crippen LogP contribution in [0.2, 0.25) is 0 Å². The molecule has 0 aromatic carbocycles. The van der Waals surface area contributed by atoms with Gasteiger partial charge in [-0.05, 0) is 39.1 Å². The van der Waals surface area contributed by atoms with Crippen molar-refractivity contribution >= 4 is 0 Å². The van der Waals surface area contributed by atoms with Crippen LogP contribution in [-0.2, 0) is 0 Å². The second-order valence-corrected chi connectivity index (χ2v) is 6.25. The fourth-order valence-corrected chi connectivity index (χ4v) is 3.22. The molecule has 4 nitrogen and oxygen atoms in total. The predicted molar refractivity (Wildman–Crippen MR) is 83.7 cm³/mol. The van der Waals surface area contributed by atoms with Crippen molar-refractivity contribution in [2.75, 3.05) is 40.3 Å². The first-order valence-corrected chi connectivity index (χ1v) is 7.72. The molecule has 1 fully saturated rings. The molecule has 3 atom stereocenters. The highest BCUT2D eigenvalue weighted by Crippen LogP contribution is 2.22. The van der Waals surface area contributed by atoms with Crippen LogP contribution in [0.25, 0.3) is 0 Å². The summed E-state index contributed by atoms with van der Waals surface area (Å²) in [5, 5.41) is 3.33. The van der Waals surface area contributed by atoms with Crippen LogP contribution in [0.1, 0.15) is 25.6 Å². The Balaban J connectivity index is 2.00. The van der Waals surface area contributed by atoms with Crippen LogP contribution in [0, 0.1) is 11.7 Å². The molecule has 3 unspecified atom stereocenters. The minimum absolute atomic E-state index is 0.150. The lowest BCUT2D eigenvalue weighted by molar-refractivity contribution is 0.0810. The largest absolute Gasteiger partial charge is 0.311 e. The van der Waals surface area contributed by atoms with E-state index in [9.17, 15) is 4.39 Å². The first kappa shape index (κ1) is 16.3. The zero-order chi connectivity index (χ0) is 15.4. The highest BCUT2D eigenvalue weighted by atomic mass is 19.1. The number of likely N-dealkylation sites (N-methyl/N-ethyl adjacent to an activating group) is 1. The molecule has 0 spiro atoms. The smallest absolute Gasteiger partial charge is 0.141 e. The molecule has 1 aromatic heterocycles. The molecule has 2 heterocycles. The average molecular weight is 294 g/mol. The van der Waals surface area contributed by atoms with Crippen LogP contribution in [0.4, 0.5) is 4.39 Å². The average Bonchev–Trinajstić information content (AvgIpc) is 2.45. The molecule has 0 aliphatic carbocycles. The van der Waals surface area contributed by atoms with Crippen molar-refractivity contribution in [1.29, 1.82) is 0 Å². The summed E-state index contributed by atoms with van der Waals surface area (Å²) < 4.78 is 13.0. The van der Waals surface area contributed by atoms with E-state index in [-0.39, 0.29) is 11.9 Å². The van der Waals surface area contributed by atoms with Gasteiger partial charge in [0.15, 0.2) is 0 Å². The monoisotopic (exact) mass is 294 g/mol. The molecule has 0 amide bonds. The molecule has 1 aromatic rings. The first-order valence-electron chi connectivity index (χ1n) is 7.72. The Kier molecular flexibility index (Phi) is 5.67. The van der Waals surface area contributed by atoms with E-state index in [1.54, 1.807) is 6.07 Å². The van der Waals surface area contributed by atoms with Gasteiger partial charge in [-0.3, -0.25) is 9.88 Å². The van der Waals surface area contributed by atoms with E-state index in [4.69, 9.17) is 0 Å². The molecular weight excluding hydrogens is 267 g/mol. The summed E-state index contributed by atoms with van der Waals surface area (Å²) in [6.45, 7) is 8.89. The lowest BCUT2D eigenvalue weighted by Crippen LogP contribution is -2.52. The SMILES string of the molecule is CNC(c1ccc(F)cn1)C(C)CN1CCN(C)CC1C. The summed E-state index contributed by atoms with van der Waals surface area (Å²) in [7, 11) is 4.12. The minimum Gasteiger partial charge on any atom is -0.311 e. The fraction of sp³-hybridized carbons (Fsp3) is 0.688. The Labute approximate surface area is 127 Å². The zero-order valence-electron chi connectivity index (χ0n) is 13.5. The summed E-state index contributed by atoms with van der Waals surface area (Å²) in [6, 6.07) is 3.99. The van der Waals surface area contributed by atoms with Crippen molar-refractivity contribution in [2.45, 2.75) is 25.9 Å². The lowest BCUT2D eigenvalue weighted by Gasteiger charge is -2.40. The molecule has 0 radical (unpaired) electrons. The van der Waals surface area contributed by atoms with Gasteiger partial charge in [-0.2, -0.15) is 0 Å². The number of rotatable bonds is 5. The third-order valence-corrected chi connectivity index (χ3v) is 4.44. The van der Waals surface area contributed by atoms with E-state index in [1.165, 1.54) is 12.3 Å². The number of piperazine rings is 1. The number of halogens is 1. The Bertz CT molecular complexity index is 436. The van der Waals surface area contributed by atoms with Crippen molar-refractivity contribution in [2.24, 2.45) is 5.92 Å². The summed E-state index contributed by atoms with van der Waals surface area (Å²) >= 11 is 0. The normalized spacial score (nSPS) is 24.0. The maximum atomic E-state index is 13.0. The van der Waals surface area contributed by atoms with Gasteiger partial charge >= 0.3 is 0 Å². The van der Waals surface area contributed by atoms with Gasteiger partial charge in [-0.25, -0.2) is 4.39 Å². The van der Waals surface area contributed by atoms with Gasteiger partial charge in [0.1, 0.15) is 5.82 Å². The van der Waals surface area contributed by atoms with Crippen LogP contribution in [-0.4, -0.2) is 61.1 Å². The van der Waals surface area contributed by atoms with E-state index < -0.39 is 0 Å². The lowest BCUT2D eigenvalue weighted by atomic mass is 9.96. The van der Waals surface area contributed by atoms with E-state index in [2.05, 4.69) is 41.0 Å². The number of hydrogen-bond acceptors (Lipinski definition) is 4. The Morgan fingerprint density at radius 1 is 1.43 bits per heavy atom. The van der Waals surface area contributed by atoms with Crippen molar-refractivity contribution in [3.63, 3.8) is 0 Å². The van der Waals surface area contributed by atoms with Crippen molar-refractivity contribution in [1.82, 2.24) is 20.1 Å². The number of nitrogens with one attached hydrogen (secondary N) is 1. The van der Waals surface area contributed by atoms with Crippen LogP contribution in [0.3, 0.4) is 0 Å². The molecule has 0 bridgehead atoms. The van der Waals surface area contributed by atoms with Crippen LogP contribution in [0.5, 0.6) is 0 Å². The maximum Gasteiger partial charge on any atom is 0.141 e. The molecule has 5 heteroatoms. The second-order valence-electron chi connectivity index (χ2n) is 6.25. The van der Waals surface area contributed by atoms with E-state index in [0.717, 1.165) is 31.9 Å².